The molecule has 3 heteroatoms. The van der Waals surface area contributed by atoms with Crippen molar-refractivity contribution in [2.75, 3.05) is 19.6 Å². The molecule has 1 fully saturated rings. The molecule has 0 bridgehead atoms. The zero-order valence-electron chi connectivity index (χ0n) is 13.6. The van der Waals surface area contributed by atoms with E-state index < -0.39 is 0 Å². The van der Waals surface area contributed by atoms with Gasteiger partial charge in [0.1, 0.15) is 5.82 Å². The number of hydrogen-bond donors (Lipinski definition) is 1. The van der Waals surface area contributed by atoms with Gasteiger partial charge >= 0.3 is 0 Å². The Morgan fingerprint density at radius 3 is 2.86 bits per heavy atom. The first kappa shape index (κ1) is 16.4. The topological polar surface area (TPSA) is 15.3 Å². The lowest BCUT2D eigenvalue weighted by Gasteiger charge is -2.37. The molecule has 1 heterocycles. The number of halogens is 1. The summed E-state index contributed by atoms with van der Waals surface area (Å²) >= 11 is 0. The fraction of sp³-hybridized carbons (Fsp3) is 0.667. The maximum absolute atomic E-state index is 13.3. The highest BCUT2D eigenvalue weighted by atomic mass is 19.1. The van der Waals surface area contributed by atoms with Gasteiger partial charge in [-0.2, -0.15) is 0 Å². The summed E-state index contributed by atoms with van der Waals surface area (Å²) in [4.78, 5) is 2.45. The average molecular weight is 292 g/mol. The van der Waals surface area contributed by atoms with Crippen LogP contribution in [0.5, 0.6) is 0 Å². The summed E-state index contributed by atoms with van der Waals surface area (Å²) in [5.41, 5.74) is 1.07. The van der Waals surface area contributed by atoms with E-state index >= 15 is 0 Å². The molecule has 2 unspecified atom stereocenters. The zero-order valence-corrected chi connectivity index (χ0v) is 13.6. The maximum atomic E-state index is 13.3. The van der Waals surface area contributed by atoms with Crippen molar-refractivity contribution in [3.63, 3.8) is 0 Å². The minimum Gasteiger partial charge on any atom is -0.313 e. The van der Waals surface area contributed by atoms with E-state index in [-0.39, 0.29) is 5.82 Å². The Bertz CT molecular complexity index is 433. The summed E-state index contributed by atoms with van der Waals surface area (Å²) in [6, 6.07) is 7.56. The second-order valence-electron chi connectivity index (χ2n) is 7.00. The predicted molar refractivity (Wildman–Crippen MR) is 86.7 cm³/mol. The van der Waals surface area contributed by atoms with Crippen LogP contribution >= 0.6 is 0 Å². The lowest BCUT2D eigenvalue weighted by atomic mass is 9.95. The van der Waals surface area contributed by atoms with Crippen LogP contribution < -0.4 is 5.32 Å². The van der Waals surface area contributed by atoms with Gasteiger partial charge in [-0.15, -0.1) is 0 Å². The van der Waals surface area contributed by atoms with Crippen LogP contribution in [0.2, 0.25) is 0 Å². The second kappa shape index (κ2) is 7.90. The van der Waals surface area contributed by atoms with E-state index in [1.54, 1.807) is 12.1 Å². The molecule has 21 heavy (non-hydrogen) atoms. The van der Waals surface area contributed by atoms with Crippen molar-refractivity contribution in [3.05, 3.63) is 35.6 Å². The van der Waals surface area contributed by atoms with Crippen LogP contribution in [0.25, 0.3) is 0 Å². The van der Waals surface area contributed by atoms with Gasteiger partial charge in [-0.3, -0.25) is 4.90 Å². The first-order chi connectivity index (χ1) is 10.0. The molecule has 0 saturated carbocycles. The zero-order chi connectivity index (χ0) is 15.2. The lowest BCUT2D eigenvalue weighted by molar-refractivity contribution is 0.142. The molecule has 1 aromatic carbocycles. The monoisotopic (exact) mass is 292 g/mol. The number of likely N-dealkylation sites (tertiary alicyclic amines) is 1. The number of rotatable bonds is 6. The Balaban J connectivity index is 1.85. The Kier molecular flexibility index (Phi) is 6.19. The van der Waals surface area contributed by atoms with Crippen LogP contribution in [-0.4, -0.2) is 30.6 Å². The van der Waals surface area contributed by atoms with Gasteiger partial charge in [0.15, 0.2) is 0 Å². The molecule has 1 aromatic rings. The van der Waals surface area contributed by atoms with Crippen molar-refractivity contribution in [2.24, 2.45) is 11.8 Å². The third-order valence-electron chi connectivity index (χ3n) is 4.19. The first-order valence-corrected chi connectivity index (χ1v) is 8.23. The minimum absolute atomic E-state index is 0.135. The van der Waals surface area contributed by atoms with Crippen molar-refractivity contribution in [3.8, 4) is 0 Å². The van der Waals surface area contributed by atoms with E-state index in [1.165, 1.54) is 18.9 Å². The first-order valence-electron chi connectivity index (χ1n) is 8.23. The van der Waals surface area contributed by atoms with Crippen LogP contribution in [0, 0.1) is 17.7 Å². The smallest absolute Gasteiger partial charge is 0.123 e. The van der Waals surface area contributed by atoms with Crippen molar-refractivity contribution >= 4 is 0 Å². The number of nitrogens with zero attached hydrogens (tertiary/aromatic N) is 1. The standard InChI is InChI=1S/C18H29FN2/c1-14(2)7-8-20-18-9-15(3)11-21(13-18)12-16-5-4-6-17(19)10-16/h4-6,10,14-15,18,20H,7-9,11-13H2,1-3H3. The van der Waals surface area contributed by atoms with E-state index in [0.717, 1.165) is 37.7 Å². The van der Waals surface area contributed by atoms with E-state index in [0.29, 0.717) is 12.0 Å². The molecule has 2 atom stereocenters. The summed E-state index contributed by atoms with van der Waals surface area (Å²) < 4.78 is 13.3. The van der Waals surface area contributed by atoms with Crippen LogP contribution in [0.3, 0.4) is 0 Å². The van der Waals surface area contributed by atoms with Gasteiger partial charge in [-0.05, 0) is 48.9 Å². The Morgan fingerprint density at radius 2 is 2.14 bits per heavy atom. The van der Waals surface area contributed by atoms with Crippen molar-refractivity contribution < 1.29 is 4.39 Å². The van der Waals surface area contributed by atoms with Gasteiger partial charge in [0, 0.05) is 25.7 Å². The molecular weight excluding hydrogens is 263 g/mol. The van der Waals surface area contributed by atoms with Crippen molar-refractivity contribution in [1.29, 1.82) is 0 Å². The molecule has 1 saturated heterocycles. The molecule has 2 rings (SSSR count). The van der Waals surface area contributed by atoms with Gasteiger partial charge in [-0.1, -0.05) is 32.9 Å². The Morgan fingerprint density at radius 1 is 1.33 bits per heavy atom. The highest BCUT2D eigenvalue weighted by molar-refractivity contribution is 5.16. The highest BCUT2D eigenvalue weighted by Crippen LogP contribution is 2.19. The van der Waals surface area contributed by atoms with Gasteiger partial charge in [-0.25, -0.2) is 4.39 Å². The molecule has 1 aliphatic rings. The summed E-state index contributed by atoms with van der Waals surface area (Å²) in [5.74, 6) is 1.31. The SMILES string of the molecule is CC(C)CCNC1CC(C)CN(Cc2cccc(F)c2)C1. The van der Waals surface area contributed by atoms with Crippen LogP contribution in [0.4, 0.5) is 4.39 Å². The molecule has 0 aromatic heterocycles. The quantitative estimate of drug-likeness (QED) is 0.860. The van der Waals surface area contributed by atoms with E-state index in [9.17, 15) is 4.39 Å². The molecule has 0 spiro atoms. The second-order valence-corrected chi connectivity index (χ2v) is 7.00. The molecular formula is C18H29FN2. The fourth-order valence-corrected chi connectivity index (χ4v) is 3.21. The lowest BCUT2D eigenvalue weighted by Crippen LogP contribution is -2.48. The minimum atomic E-state index is -0.135. The number of piperidine rings is 1. The summed E-state index contributed by atoms with van der Waals surface area (Å²) in [6.07, 6.45) is 2.48. The fourth-order valence-electron chi connectivity index (χ4n) is 3.21. The molecule has 0 aliphatic carbocycles. The average Bonchev–Trinajstić information content (AvgIpc) is 2.37. The van der Waals surface area contributed by atoms with Crippen molar-refractivity contribution in [2.45, 2.75) is 46.2 Å². The highest BCUT2D eigenvalue weighted by Gasteiger charge is 2.24. The number of hydrogen-bond acceptors (Lipinski definition) is 2. The molecule has 0 amide bonds. The summed E-state index contributed by atoms with van der Waals surface area (Å²) in [7, 11) is 0. The van der Waals surface area contributed by atoms with Gasteiger partial charge in [0.2, 0.25) is 0 Å². The Hall–Kier alpha value is -0.930. The summed E-state index contributed by atoms with van der Waals surface area (Å²) in [5, 5.41) is 3.69. The maximum Gasteiger partial charge on any atom is 0.123 e. The van der Waals surface area contributed by atoms with Crippen molar-refractivity contribution in [1.82, 2.24) is 10.2 Å². The molecule has 0 radical (unpaired) electrons. The van der Waals surface area contributed by atoms with Gasteiger partial charge in [0.25, 0.3) is 0 Å². The van der Waals surface area contributed by atoms with Gasteiger partial charge < -0.3 is 5.32 Å². The molecule has 118 valence electrons. The van der Waals surface area contributed by atoms with E-state index in [2.05, 4.69) is 31.0 Å². The normalized spacial score (nSPS) is 23.7. The third kappa shape index (κ3) is 5.76. The number of nitrogens with one attached hydrogen (secondary N) is 1. The van der Waals surface area contributed by atoms with Crippen LogP contribution in [0.1, 0.15) is 39.2 Å². The van der Waals surface area contributed by atoms with Crippen LogP contribution in [-0.2, 0) is 6.54 Å². The largest absolute Gasteiger partial charge is 0.313 e. The predicted octanol–water partition coefficient (Wildman–Crippen LogP) is 3.67. The Labute approximate surface area is 128 Å². The molecule has 1 N–H and O–H groups in total. The molecule has 2 nitrogen and oxygen atoms in total. The van der Waals surface area contributed by atoms with Crippen LogP contribution in [0.15, 0.2) is 24.3 Å². The summed E-state index contributed by atoms with van der Waals surface area (Å²) in [6.45, 7) is 11.0. The van der Waals surface area contributed by atoms with Gasteiger partial charge in [0.05, 0.1) is 0 Å². The number of benzene rings is 1. The van der Waals surface area contributed by atoms with E-state index in [1.807, 2.05) is 6.07 Å². The van der Waals surface area contributed by atoms with E-state index in [4.69, 9.17) is 0 Å². The molecule has 1 aliphatic heterocycles. The third-order valence-corrected chi connectivity index (χ3v) is 4.19.